The Morgan fingerprint density at radius 1 is 1.42 bits per heavy atom. The molecule has 0 unspecified atom stereocenters. The van der Waals surface area contributed by atoms with Crippen LogP contribution in [0.3, 0.4) is 0 Å². The molecule has 0 radical (unpaired) electrons. The number of anilines is 1. The molecule has 0 spiro atoms. The largest absolute Gasteiger partial charge is 0.383 e. The fraction of sp³-hybridized carbons (Fsp3) is 0.0769. The molecule has 3 rings (SSSR count). The second-order valence-corrected chi connectivity index (χ2v) is 5.10. The van der Waals surface area contributed by atoms with Crippen molar-refractivity contribution in [2.75, 3.05) is 5.73 Å². The summed E-state index contributed by atoms with van der Waals surface area (Å²) in [6, 6.07) is 7.31. The van der Waals surface area contributed by atoms with E-state index < -0.39 is 0 Å². The van der Waals surface area contributed by atoms with Gasteiger partial charge in [0.25, 0.3) is 0 Å². The van der Waals surface area contributed by atoms with E-state index in [4.69, 9.17) is 5.73 Å². The van der Waals surface area contributed by atoms with Gasteiger partial charge in [0.05, 0.1) is 5.56 Å². The molecule has 0 amide bonds. The van der Waals surface area contributed by atoms with Crippen LogP contribution in [0.15, 0.2) is 40.6 Å². The lowest BCUT2D eigenvalue weighted by Crippen LogP contribution is -2.02. The Morgan fingerprint density at radius 3 is 2.95 bits per heavy atom. The minimum absolute atomic E-state index is 0.154. The number of nitrogens with one attached hydrogen (secondary N) is 1. The van der Waals surface area contributed by atoms with Crippen molar-refractivity contribution < 1.29 is 0 Å². The van der Waals surface area contributed by atoms with Gasteiger partial charge < -0.3 is 10.7 Å². The van der Waals surface area contributed by atoms with Crippen molar-refractivity contribution in [3.63, 3.8) is 0 Å². The third kappa shape index (κ3) is 1.96. The smallest absolute Gasteiger partial charge is 0.248 e. The Bertz CT molecular complexity index is 770. The predicted octanol–water partition coefficient (Wildman–Crippen LogP) is 2.09. The zero-order chi connectivity index (χ0) is 13.4. The van der Waals surface area contributed by atoms with E-state index in [1.807, 2.05) is 23.6 Å². The summed E-state index contributed by atoms with van der Waals surface area (Å²) in [7, 11) is 1.79. The highest BCUT2D eigenvalue weighted by molar-refractivity contribution is 7.13. The second-order valence-electron chi connectivity index (χ2n) is 4.15. The molecule has 3 heterocycles. The molecule has 0 aliphatic rings. The SMILES string of the molecule is Cn1nc(-c2cc[nH]c(=O)c2)c(-c2cccs2)c1N. The van der Waals surface area contributed by atoms with Crippen molar-refractivity contribution in [1.82, 2.24) is 14.8 Å². The Hall–Kier alpha value is -2.34. The van der Waals surface area contributed by atoms with Crippen LogP contribution in [0.4, 0.5) is 5.82 Å². The van der Waals surface area contributed by atoms with Crippen LogP contribution < -0.4 is 11.3 Å². The summed E-state index contributed by atoms with van der Waals surface area (Å²) in [6.07, 6.45) is 1.61. The minimum Gasteiger partial charge on any atom is -0.383 e. The number of aryl methyl sites for hydroxylation is 1. The second kappa shape index (κ2) is 4.40. The fourth-order valence-corrected chi connectivity index (χ4v) is 2.77. The van der Waals surface area contributed by atoms with Gasteiger partial charge in [-0.1, -0.05) is 6.07 Å². The van der Waals surface area contributed by atoms with E-state index in [0.29, 0.717) is 5.82 Å². The van der Waals surface area contributed by atoms with E-state index in [9.17, 15) is 4.79 Å². The van der Waals surface area contributed by atoms with Crippen LogP contribution in [0.5, 0.6) is 0 Å². The lowest BCUT2D eigenvalue weighted by molar-refractivity contribution is 0.782. The quantitative estimate of drug-likeness (QED) is 0.750. The average molecular weight is 272 g/mol. The standard InChI is InChI=1S/C13H12N4OS/c1-17-13(14)11(9-3-2-6-19-9)12(16-17)8-4-5-15-10(18)7-8/h2-7H,14H2,1H3,(H,15,18). The van der Waals surface area contributed by atoms with Crippen LogP contribution in [-0.2, 0) is 7.05 Å². The number of aromatic nitrogens is 3. The van der Waals surface area contributed by atoms with Gasteiger partial charge >= 0.3 is 0 Å². The lowest BCUT2D eigenvalue weighted by Gasteiger charge is -2.00. The molecule has 0 bridgehead atoms. The summed E-state index contributed by atoms with van der Waals surface area (Å²) in [4.78, 5) is 15.1. The number of nitrogens with two attached hydrogens (primary N) is 1. The Labute approximate surface area is 113 Å². The van der Waals surface area contributed by atoms with Crippen LogP contribution in [0.1, 0.15) is 0 Å². The summed E-state index contributed by atoms with van der Waals surface area (Å²) >= 11 is 1.60. The summed E-state index contributed by atoms with van der Waals surface area (Å²) in [5.41, 5.74) is 8.31. The first-order valence-electron chi connectivity index (χ1n) is 5.72. The maximum Gasteiger partial charge on any atom is 0.248 e. The molecule has 3 N–H and O–H groups in total. The molecule has 0 aliphatic carbocycles. The Kier molecular flexibility index (Phi) is 2.72. The van der Waals surface area contributed by atoms with Gasteiger partial charge in [-0.15, -0.1) is 11.3 Å². The highest BCUT2D eigenvalue weighted by atomic mass is 32.1. The monoisotopic (exact) mass is 272 g/mol. The van der Waals surface area contributed by atoms with E-state index in [1.165, 1.54) is 6.07 Å². The van der Waals surface area contributed by atoms with Crippen LogP contribution in [-0.4, -0.2) is 14.8 Å². The zero-order valence-corrected chi connectivity index (χ0v) is 11.1. The van der Waals surface area contributed by atoms with Crippen molar-refractivity contribution >= 4 is 17.2 Å². The van der Waals surface area contributed by atoms with Crippen molar-refractivity contribution in [3.05, 3.63) is 46.2 Å². The maximum atomic E-state index is 11.4. The number of thiophene rings is 1. The van der Waals surface area contributed by atoms with Crippen LogP contribution in [0.25, 0.3) is 21.7 Å². The van der Waals surface area contributed by atoms with E-state index in [-0.39, 0.29) is 5.56 Å². The first-order chi connectivity index (χ1) is 9.16. The van der Waals surface area contributed by atoms with Crippen molar-refractivity contribution in [2.24, 2.45) is 7.05 Å². The predicted molar refractivity (Wildman–Crippen MR) is 77.0 cm³/mol. The van der Waals surface area contributed by atoms with Crippen LogP contribution in [0.2, 0.25) is 0 Å². The molecular formula is C13H12N4OS. The average Bonchev–Trinajstić information content (AvgIpc) is 2.99. The molecule has 19 heavy (non-hydrogen) atoms. The highest BCUT2D eigenvalue weighted by Gasteiger charge is 2.18. The van der Waals surface area contributed by atoms with E-state index in [1.54, 1.807) is 29.3 Å². The molecule has 96 valence electrons. The van der Waals surface area contributed by atoms with Gasteiger partial charge in [0.2, 0.25) is 5.56 Å². The van der Waals surface area contributed by atoms with Gasteiger partial charge in [-0.3, -0.25) is 9.48 Å². The molecule has 6 heteroatoms. The van der Waals surface area contributed by atoms with Crippen LogP contribution in [0, 0.1) is 0 Å². The summed E-state index contributed by atoms with van der Waals surface area (Å²) in [6.45, 7) is 0. The van der Waals surface area contributed by atoms with Gasteiger partial charge in [0, 0.05) is 29.8 Å². The van der Waals surface area contributed by atoms with Gasteiger partial charge in [-0.25, -0.2) is 0 Å². The lowest BCUT2D eigenvalue weighted by atomic mass is 10.1. The first-order valence-corrected chi connectivity index (χ1v) is 6.60. The van der Waals surface area contributed by atoms with E-state index in [0.717, 1.165) is 21.7 Å². The maximum absolute atomic E-state index is 11.4. The topological polar surface area (TPSA) is 76.7 Å². The van der Waals surface area contributed by atoms with Gasteiger partial charge in [-0.2, -0.15) is 5.10 Å². The van der Waals surface area contributed by atoms with Crippen molar-refractivity contribution in [3.8, 4) is 21.7 Å². The summed E-state index contributed by atoms with van der Waals surface area (Å²) < 4.78 is 1.63. The number of rotatable bonds is 2. The van der Waals surface area contributed by atoms with Gasteiger partial charge in [-0.05, 0) is 17.5 Å². The number of pyridine rings is 1. The first kappa shape index (κ1) is 11.7. The normalized spacial score (nSPS) is 10.8. The third-order valence-corrected chi connectivity index (χ3v) is 3.80. The van der Waals surface area contributed by atoms with Crippen molar-refractivity contribution in [1.29, 1.82) is 0 Å². The molecule has 5 nitrogen and oxygen atoms in total. The molecule has 0 saturated heterocycles. The number of nitrogen functional groups attached to an aromatic ring is 1. The zero-order valence-electron chi connectivity index (χ0n) is 10.3. The molecule has 0 aliphatic heterocycles. The number of hydrogen-bond donors (Lipinski definition) is 2. The number of nitrogens with zero attached hydrogens (tertiary/aromatic N) is 2. The fourth-order valence-electron chi connectivity index (χ4n) is 1.99. The summed E-state index contributed by atoms with van der Waals surface area (Å²) in [5, 5.41) is 6.41. The van der Waals surface area contributed by atoms with E-state index in [2.05, 4.69) is 10.1 Å². The molecule has 3 aromatic rings. The molecule has 0 fully saturated rings. The molecule has 0 atom stereocenters. The van der Waals surface area contributed by atoms with E-state index >= 15 is 0 Å². The minimum atomic E-state index is -0.154. The van der Waals surface area contributed by atoms with Crippen molar-refractivity contribution in [2.45, 2.75) is 0 Å². The third-order valence-electron chi connectivity index (χ3n) is 2.91. The molecule has 0 aromatic carbocycles. The Morgan fingerprint density at radius 2 is 2.26 bits per heavy atom. The number of hydrogen-bond acceptors (Lipinski definition) is 4. The summed E-state index contributed by atoms with van der Waals surface area (Å²) in [5.74, 6) is 0.595. The van der Waals surface area contributed by atoms with Crippen LogP contribution >= 0.6 is 11.3 Å². The number of H-pyrrole nitrogens is 1. The molecular weight excluding hydrogens is 260 g/mol. The van der Waals surface area contributed by atoms with Gasteiger partial charge in [0.1, 0.15) is 11.5 Å². The molecule has 3 aromatic heterocycles. The van der Waals surface area contributed by atoms with Gasteiger partial charge in [0.15, 0.2) is 0 Å². The highest BCUT2D eigenvalue weighted by Crippen LogP contribution is 2.37. The molecule has 0 saturated carbocycles. The number of aromatic amines is 1. The Balaban J connectivity index is 2.28.